The summed E-state index contributed by atoms with van der Waals surface area (Å²) in [5.74, 6) is -0.0221. The van der Waals surface area contributed by atoms with E-state index in [0.717, 1.165) is 31.4 Å². The van der Waals surface area contributed by atoms with Crippen LogP contribution in [0.2, 0.25) is 0 Å². The molecule has 0 aliphatic heterocycles. The smallest absolute Gasteiger partial charge is 0.481 e. The molecule has 4 saturated carbocycles. The highest BCUT2D eigenvalue weighted by atomic mass is 16.7. The highest BCUT2D eigenvalue weighted by Crippen LogP contribution is 2.65. The van der Waals surface area contributed by atoms with Crippen molar-refractivity contribution in [3.05, 3.63) is 44.5 Å². The fourth-order valence-electron chi connectivity index (χ4n) is 6.25. The van der Waals surface area contributed by atoms with E-state index in [2.05, 4.69) is 0 Å². The van der Waals surface area contributed by atoms with Gasteiger partial charge in [0.25, 0.3) is 0 Å². The standard InChI is InChI=1S/C17H20N2O6/c20-15(21)16-8-10-5-11(9-16)7-13(6-10)14(16)12-1-3-17(4-2-12,18(22)23)19(24)25/h1-4,10-14H,5-9H2,(H,20,21). The number of carboxylic acid groups (broad SMARTS) is 1. The molecule has 25 heavy (non-hydrogen) atoms. The second-order valence-electron chi connectivity index (χ2n) is 8.19. The summed E-state index contributed by atoms with van der Waals surface area (Å²) in [6, 6.07) is 0. The summed E-state index contributed by atoms with van der Waals surface area (Å²) in [5.41, 5.74) is -3.23. The summed E-state index contributed by atoms with van der Waals surface area (Å²) >= 11 is 0. The number of carboxylic acids is 1. The molecule has 5 rings (SSSR count). The summed E-state index contributed by atoms with van der Waals surface area (Å²) in [7, 11) is 0. The van der Waals surface area contributed by atoms with Crippen molar-refractivity contribution in [3.8, 4) is 0 Å². The lowest BCUT2D eigenvalue weighted by Gasteiger charge is -2.60. The minimum absolute atomic E-state index is 0.137. The Morgan fingerprint density at radius 3 is 1.96 bits per heavy atom. The van der Waals surface area contributed by atoms with Gasteiger partial charge in [-0.1, -0.05) is 12.2 Å². The maximum atomic E-state index is 12.2. The molecule has 8 nitrogen and oxygen atoms in total. The van der Waals surface area contributed by atoms with Gasteiger partial charge in [-0.3, -0.25) is 25.0 Å². The third-order valence-corrected chi connectivity index (χ3v) is 6.94. The molecule has 4 bridgehead atoms. The number of aliphatic carboxylic acids is 1. The van der Waals surface area contributed by atoms with Crippen LogP contribution in [-0.4, -0.2) is 26.6 Å². The van der Waals surface area contributed by atoms with E-state index in [1.54, 1.807) is 0 Å². The van der Waals surface area contributed by atoms with Crippen molar-refractivity contribution in [1.29, 1.82) is 0 Å². The third kappa shape index (κ3) is 2.09. The maximum Gasteiger partial charge on any atom is 0.497 e. The van der Waals surface area contributed by atoms with E-state index in [9.17, 15) is 30.1 Å². The second kappa shape index (κ2) is 5.12. The fourth-order valence-corrected chi connectivity index (χ4v) is 6.25. The predicted molar refractivity (Wildman–Crippen MR) is 85.6 cm³/mol. The van der Waals surface area contributed by atoms with Gasteiger partial charge < -0.3 is 5.11 Å². The van der Waals surface area contributed by atoms with Crippen molar-refractivity contribution in [2.45, 2.75) is 37.8 Å². The van der Waals surface area contributed by atoms with Gasteiger partial charge >= 0.3 is 11.6 Å². The Bertz CT molecular complexity index is 670. The summed E-state index contributed by atoms with van der Waals surface area (Å²) in [6.07, 6.45) is 9.50. The molecule has 0 spiro atoms. The number of hydrogen-bond donors (Lipinski definition) is 1. The van der Waals surface area contributed by atoms with Crippen LogP contribution in [0.4, 0.5) is 0 Å². The van der Waals surface area contributed by atoms with Crippen molar-refractivity contribution in [3.63, 3.8) is 0 Å². The summed E-state index contributed by atoms with van der Waals surface area (Å²) in [4.78, 5) is 32.7. The number of nitrogens with zero attached hydrogens (tertiary/aromatic N) is 2. The number of nitro groups is 2. The van der Waals surface area contributed by atoms with Crippen molar-refractivity contribution in [2.75, 3.05) is 0 Å². The van der Waals surface area contributed by atoms with E-state index < -0.39 is 26.9 Å². The first kappa shape index (κ1) is 16.2. The zero-order valence-corrected chi connectivity index (χ0v) is 13.6. The van der Waals surface area contributed by atoms with Gasteiger partial charge in [0.2, 0.25) is 0 Å². The van der Waals surface area contributed by atoms with E-state index in [1.165, 1.54) is 12.2 Å². The lowest BCUT2D eigenvalue weighted by molar-refractivity contribution is -0.765. The SMILES string of the molecule is O=C(O)C12CC3CC(CC(C3)C1C1C=CC([N+](=O)[O-])([N+](=O)[O-])C=C1)C2. The molecule has 1 N–H and O–H groups in total. The third-order valence-electron chi connectivity index (χ3n) is 6.94. The molecule has 5 aliphatic carbocycles. The molecular weight excluding hydrogens is 328 g/mol. The molecule has 0 heterocycles. The zero-order chi connectivity index (χ0) is 18.0. The molecule has 8 heteroatoms. The minimum atomic E-state index is -2.43. The maximum absolute atomic E-state index is 12.2. The number of allylic oxidation sites excluding steroid dienone is 2. The second-order valence-corrected chi connectivity index (χ2v) is 8.19. The average Bonchev–Trinajstić information content (AvgIpc) is 2.53. The van der Waals surface area contributed by atoms with Crippen LogP contribution >= 0.6 is 0 Å². The molecular formula is C17H20N2O6. The van der Waals surface area contributed by atoms with Gasteiger partial charge in [0.15, 0.2) is 0 Å². The van der Waals surface area contributed by atoms with Crippen LogP contribution in [0.1, 0.15) is 32.1 Å². The van der Waals surface area contributed by atoms with Crippen LogP contribution in [0, 0.1) is 55.2 Å². The Morgan fingerprint density at radius 1 is 1.00 bits per heavy atom. The van der Waals surface area contributed by atoms with Gasteiger partial charge in [-0.05, 0) is 61.7 Å². The largest absolute Gasteiger partial charge is 0.497 e. The van der Waals surface area contributed by atoms with Gasteiger partial charge in [-0.15, -0.1) is 0 Å². The molecule has 134 valence electrons. The van der Waals surface area contributed by atoms with E-state index in [-0.39, 0.29) is 17.8 Å². The van der Waals surface area contributed by atoms with Gasteiger partial charge in [-0.2, -0.15) is 0 Å². The highest BCUT2D eigenvalue weighted by Gasteiger charge is 2.63. The van der Waals surface area contributed by atoms with Crippen LogP contribution < -0.4 is 0 Å². The van der Waals surface area contributed by atoms with Gasteiger partial charge in [0.1, 0.15) is 9.85 Å². The average molecular weight is 348 g/mol. The number of hydrogen-bond acceptors (Lipinski definition) is 5. The van der Waals surface area contributed by atoms with E-state index >= 15 is 0 Å². The first-order valence-electron chi connectivity index (χ1n) is 8.69. The molecule has 3 atom stereocenters. The minimum Gasteiger partial charge on any atom is -0.481 e. The first-order chi connectivity index (χ1) is 11.8. The quantitative estimate of drug-likeness (QED) is 0.360. The van der Waals surface area contributed by atoms with Crippen LogP contribution in [0.25, 0.3) is 0 Å². The topological polar surface area (TPSA) is 124 Å². The summed E-state index contributed by atoms with van der Waals surface area (Å²) < 4.78 is 0. The lowest BCUT2D eigenvalue weighted by Crippen LogP contribution is -2.58. The molecule has 3 unspecified atom stereocenters. The molecule has 4 fully saturated rings. The summed E-state index contributed by atoms with van der Waals surface area (Å²) in [6.45, 7) is 0. The van der Waals surface area contributed by atoms with E-state index in [0.29, 0.717) is 24.7 Å². The Morgan fingerprint density at radius 2 is 1.52 bits per heavy atom. The Balaban J connectivity index is 1.69. The van der Waals surface area contributed by atoms with Crippen molar-refractivity contribution < 1.29 is 19.7 Å². The van der Waals surface area contributed by atoms with Crippen LogP contribution in [-0.2, 0) is 4.79 Å². The fraction of sp³-hybridized carbons (Fsp3) is 0.706. The monoisotopic (exact) mass is 348 g/mol. The molecule has 0 saturated heterocycles. The molecule has 0 aromatic rings. The molecule has 0 radical (unpaired) electrons. The zero-order valence-electron chi connectivity index (χ0n) is 13.6. The van der Waals surface area contributed by atoms with Crippen molar-refractivity contribution >= 4 is 5.97 Å². The highest BCUT2D eigenvalue weighted by molar-refractivity contribution is 5.76. The molecule has 0 aromatic heterocycles. The predicted octanol–water partition coefficient (Wildman–Crippen LogP) is 2.51. The number of carbonyl (C=O) groups is 1. The molecule has 0 amide bonds. The Kier molecular flexibility index (Phi) is 3.33. The van der Waals surface area contributed by atoms with Crippen molar-refractivity contribution in [2.24, 2.45) is 35.0 Å². The summed E-state index contributed by atoms with van der Waals surface area (Å²) in [5, 5.41) is 32.4. The van der Waals surface area contributed by atoms with Gasteiger partial charge in [0, 0.05) is 0 Å². The van der Waals surface area contributed by atoms with Crippen LogP contribution in [0.15, 0.2) is 24.3 Å². The molecule has 0 aromatic carbocycles. The van der Waals surface area contributed by atoms with E-state index in [4.69, 9.17) is 0 Å². The Hall–Kier alpha value is -2.25. The number of rotatable bonds is 4. The van der Waals surface area contributed by atoms with Gasteiger partial charge in [-0.25, -0.2) is 0 Å². The lowest BCUT2D eigenvalue weighted by atomic mass is 9.43. The van der Waals surface area contributed by atoms with E-state index in [1.807, 2.05) is 0 Å². The molecule has 5 aliphatic rings. The Labute approximate surface area is 143 Å². The first-order valence-corrected chi connectivity index (χ1v) is 8.69. The van der Waals surface area contributed by atoms with Crippen molar-refractivity contribution in [1.82, 2.24) is 0 Å². The van der Waals surface area contributed by atoms with Crippen LogP contribution in [0.5, 0.6) is 0 Å². The van der Waals surface area contributed by atoms with Gasteiger partial charge in [0.05, 0.1) is 17.6 Å². The van der Waals surface area contributed by atoms with Crippen LogP contribution in [0.3, 0.4) is 0 Å². The normalized spacial score (nSPS) is 41.0.